The van der Waals surface area contributed by atoms with E-state index in [1.165, 1.54) is 0 Å². The first-order chi connectivity index (χ1) is 12.7. The van der Waals surface area contributed by atoms with Crippen molar-refractivity contribution in [2.45, 2.75) is 26.0 Å². The van der Waals surface area contributed by atoms with E-state index in [0.717, 1.165) is 29.0 Å². The molecule has 2 amide bonds. The number of aryl methyl sites for hydroxylation is 1. The maximum Gasteiger partial charge on any atom is 0.317 e. The average molecular weight is 355 g/mol. The zero-order valence-electron chi connectivity index (χ0n) is 14.6. The van der Waals surface area contributed by atoms with Crippen LogP contribution in [-0.2, 0) is 6.54 Å². The number of nitrogens with one attached hydrogen (secondary N) is 1. The van der Waals surface area contributed by atoms with Gasteiger partial charge < -0.3 is 24.4 Å². The number of urea groups is 1. The van der Waals surface area contributed by atoms with E-state index in [9.17, 15) is 4.79 Å². The molecule has 0 bridgehead atoms. The van der Waals surface area contributed by atoms with Gasteiger partial charge in [-0.25, -0.2) is 9.78 Å². The Morgan fingerprint density at radius 3 is 3.04 bits per heavy atom. The lowest BCUT2D eigenvalue weighted by atomic mass is 10.2. The van der Waals surface area contributed by atoms with Gasteiger partial charge in [0.1, 0.15) is 6.10 Å². The van der Waals surface area contributed by atoms with Crippen molar-refractivity contribution < 1.29 is 19.0 Å². The standard InChI is InChI=1S/C19H21N3O4/c1-13-2-5-18(20-9-13)26-15-6-7-22(11-15)19(23)21-10-14-3-4-16-17(8-14)25-12-24-16/h2-5,8-9,15H,6-7,10-12H2,1H3,(H,21,23). The quantitative estimate of drug-likeness (QED) is 0.912. The number of aromatic nitrogens is 1. The molecule has 7 heteroatoms. The summed E-state index contributed by atoms with van der Waals surface area (Å²) in [6.45, 7) is 3.90. The van der Waals surface area contributed by atoms with E-state index in [0.29, 0.717) is 25.5 Å². The Morgan fingerprint density at radius 1 is 1.31 bits per heavy atom. The highest BCUT2D eigenvalue weighted by Gasteiger charge is 2.27. The number of likely N-dealkylation sites (tertiary alicyclic amines) is 1. The minimum absolute atomic E-state index is 0.0264. The Labute approximate surface area is 151 Å². The highest BCUT2D eigenvalue weighted by Crippen LogP contribution is 2.32. The van der Waals surface area contributed by atoms with Gasteiger partial charge in [-0.1, -0.05) is 12.1 Å². The summed E-state index contributed by atoms with van der Waals surface area (Å²) in [4.78, 5) is 18.4. The lowest BCUT2D eigenvalue weighted by Gasteiger charge is -2.18. The van der Waals surface area contributed by atoms with Gasteiger partial charge in [0.25, 0.3) is 0 Å². The van der Waals surface area contributed by atoms with E-state index in [1.54, 1.807) is 11.1 Å². The SMILES string of the molecule is Cc1ccc(OC2CCN(C(=O)NCc3ccc4c(c3)OCO4)C2)nc1. The largest absolute Gasteiger partial charge is 0.472 e. The number of hydrogen-bond acceptors (Lipinski definition) is 5. The second kappa shape index (κ2) is 7.11. The number of benzene rings is 1. The lowest BCUT2D eigenvalue weighted by molar-refractivity contribution is 0.174. The van der Waals surface area contributed by atoms with Gasteiger partial charge in [0, 0.05) is 31.8 Å². The number of carbonyl (C=O) groups excluding carboxylic acids is 1. The first kappa shape index (κ1) is 16.5. The molecule has 1 N–H and O–H groups in total. The third kappa shape index (κ3) is 3.66. The number of amides is 2. The molecular formula is C19H21N3O4. The van der Waals surface area contributed by atoms with Gasteiger partial charge in [0.15, 0.2) is 11.5 Å². The number of pyridine rings is 1. The van der Waals surface area contributed by atoms with Gasteiger partial charge in [0.2, 0.25) is 12.7 Å². The van der Waals surface area contributed by atoms with E-state index in [1.807, 2.05) is 37.3 Å². The molecule has 136 valence electrons. The summed E-state index contributed by atoms with van der Waals surface area (Å²) in [5.74, 6) is 2.06. The van der Waals surface area contributed by atoms with Gasteiger partial charge in [-0.3, -0.25) is 0 Å². The highest BCUT2D eigenvalue weighted by molar-refractivity contribution is 5.74. The van der Waals surface area contributed by atoms with Crippen LogP contribution >= 0.6 is 0 Å². The molecule has 1 aromatic carbocycles. The van der Waals surface area contributed by atoms with Crippen molar-refractivity contribution in [1.29, 1.82) is 0 Å². The van der Waals surface area contributed by atoms with Crippen molar-refractivity contribution >= 4 is 6.03 Å². The van der Waals surface area contributed by atoms with Gasteiger partial charge in [-0.2, -0.15) is 0 Å². The van der Waals surface area contributed by atoms with E-state index in [4.69, 9.17) is 14.2 Å². The molecule has 0 aliphatic carbocycles. The molecule has 2 aliphatic rings. The van der Waals surface area contributed by atoms with Gasteiger partial charge >= 0.3 is 6.03 Å². The number of nitrogens with zero attached hydrogens (tertiary/aromatic N) is 2. The van der Waals surface area contributed by atoms with Crippen LogP contribution in [0.15, 0.2) is 36.5 Å². The molecular weight excluding hydrogens is 334 g/mol. The van der Waals surface area contributed by atoms with Crippen molar-refractivity contribution in [3.05, 3.63) is 47.7 Å². The van der Waals surface area contributed by atoms with Crippen LogP contribution in [0.3, 0.4) is 0 Å². The van der Waals surface area contributed by atoms with Crippen LogP contribution in [0.1, 0.15) is 17.5 Å². The normalized spacial score (nSPS) is 18.0. The monoisotopic (exact) mass is 355 g/mol. The molecule has 1 atom stereocenters. The summed E-state index contributed by atoms with van der Waals surface area (Å²) in [5.41, 5.74) is 2.06. The van der Waals surface area contributed by atoms with Crippen molar-refractivity contribution in [1.82, 2.24) is 15.2 Å². The van der Waals surface area contributed by atoms with Crippen LogP contribution in [0.4, 0.5) is 4.79 Å². The molecule has 3 heterocycles. The smallest absolute Gasteiger partial charge is 0.317 e. The van der Waals surface area contributed by atoms with Crippen molar-refractivity contribution in [2.75, 3.05) is 19.9 Å². The summed E-state index contributed by atoms with van der Waals surface area (Å²) >= 11 is 0. The average Bonchev–Trinajstić information content (AvgIpc) is 3.30. The first-order valence-electron chi connectivity index (χ1n) is 8.68. The molecule has 1 unspecified atom stereocenters. The molecule has 0 radical (unpaired) electrons. The van der Waals surface area contributed by atoms with E-state index in [2.05, 4.69) is 10.3 Å². The number of fused-ring (bicyclic) bond motifs is 1. The molecule has 0 saturated carbocycles. The molecule has 7 nitrogen and oxygen atoms in total. The summed E-state index contributed by atoms with van der Waals surface area (Å²) in [6, 6.07) is 9.41. The van der Waals surface area contributed by atoms with Gasteiger partial charge in [-0.05, 0) is 30.2 Å². The first-order valence-corrected chi connectivity index (χ1v) is 8.68. The molecule has 2 aromatic rings. The lowest BCUT2D eigenvalue weighted by Crippen LogP contribution is -2.39. The zero-order chi connectivity index (χ0) is 17.9. The van der Waals surface area contributed by atoms with Crippen molar-refractivity contribution in [3.8, 4) is 17.4 Å². The van der Waals surface area contributed by atoms with Crippen LogP contribution in [0, 0.1) is 6.92 Å². The minimum atomic E-state index is -0.0920. The van der Waals surface area contributed by atoms with Crippen LogP contribution in [0.25, 0.3) is 0 Å². The molecule has 1 fully saturated rings. The molecule has 26 heavy (non-hydrogen) atoms. The number of hydrogen-bond donors (Lipinski definition) is 1. The Kier molecular flexibility index (Phi) is 4.51. The van der Waals surface area contributed by atoms with Gasteiger partial charge in [-0.15, -0.1) is 0 Å². The van der Waals surface area contributed by atoms with Crippen molar-refractivity contribution in [3.63, 3.8) is 0 Å². The Balaban J connectivity index is 1.27. The number of carbonyl (C=O) groups is 1. The predicted octanol–water partition coefficient (Wildman–Crippen LogP) is 2.48. The van der Waals surface area contributed by atoms with Crippen LogP contribution in [0.5, 0.6) is 17.4 Å². The van der Waals surface area contributed by atoms with Crippen LogP contribution < -0.4 is 19.5 Å². The van der Waals surface area contributed by atoms with Gasteiger partial charge in [0.05, 0.1) is 6.54 Å². The fourth-order valence-corrected chi connectivity index (χ4v) is 3.04. The number of ether oxygens (including phenoxy) is 3. The minimum Gasteiger partial charge on any atom is -0.472 e. The summed E-state index contributed by atoms with van der Waals surface area (Å²) < 4.78 is 16.5. The van der Waals surface area contributed by atoms with E-state index < -0.39 is 0 Å². The topological polar surface area (TPSA) is 72.9 Å². The Bertz CT molecular complexity index is 794. The Morgan fingerprint density at radius 2 is 2.19 bits per heavy atom. The molecule has 1 saturated heterocycles. The third-order valence-electron chi connectivity index (χ3n) is 4.48. The zero-order valence-corrected chi connectivity index (χ0v) is 14.6. The van der Waals surface area contributed by atoms with Crippen molar-refractivity contribution in [2.24, 2.45) is 0 Å². The van der Waals surface area contributed by atoms with Crippen LogP contribution in [-0.4, -0.2) is 41.9 Å². The molecule has 0 spiro atoms. The fourth-order valence-electron chi connectivity index (χ4n) is 3.04. The predicted molar refractivity (Wildman–Crippen MR) is 94.4 cm³/mol. The summed E-state index contributed by atoms with van der Waals surface area (Å²) in [5, 5.41) is 2.94. The molecule has 2 aliphatic heterocycles. The molecule has 4 rings (SSSR count). The highest BCUT2D eigenvalue weighted by atomic mass is 16.7. The Hall–Kier alpha value is -2.96. The second-order valence-electron chi connectivity index (χ2n) is 6.49. The summed E-state index contributed by atoms with van der Waals surface area (Å²) in [6.07, 6.45) is 2.55. The van der Waals surface area contributed by atoms with E-state index in [-0.39, 0.29) is 18.9 Å². The van der Waals surface area contributed by atoms with Crippen LogP contribution in [0.2, 0.25) is 0 Å². The second-order valence-corrected chi connectivity index (χ2v) is 6.49. The molecule has 1 aromatic heterocycles. The fraction of sp³-hybridized carbons (Fsp3) is 0.368. The third-order valence-corrected chi connectivity index (χ3v) is 4.48. The maximum absolute atomic E-state index is 12.4. The number of rotatable bonds is 4. The summed E-state index contributed by atoms with van der Waals surface area (Å²) in [7, 11) is 0. The van der Waals surface area contributed by atoms with E-state index >= 15 is 0 Å². The maximum atomic E-state index is 12.4.